The zero-order chi connectivity index (χ0) is 29.7. The molecule has 1 amide bonds. The molecular formula is C29H32F4N4O4S. The number of hydrogen-bond donors (Lipinski definition) is 3. The number of carbonyl (C=O) groups is 1. The summed E-state index contributed by atoms with van der Waals surface area (Å²) in [5.74, 6) is 0. The minimum atomic E-state index is -4.46. The average molecular weight is 609 g/mol. The molecule has 226 valence electrons. The van der Waals surface area contributed by atoms with Gasteiger partial charge in [0.25, 0.3) is 0 Å². The summed E-state index contributed by atoms with van der Waals surface area (Å²) in [4.78, 5) is 20.0. The van der Waals surface area contributed by atoms with Crippen LogP contribution in [0.1, 0.15) is 28.8 Å². The lowest BCUT2D eigenvalue weighted by Gasteiger charge is -2.37. The van der Waals surface area contributed by atoms with E-state index in [9.17, 15) is 27.5 Å². The van der Waals surface area contributed by atoms with Gasteiger partial charge in [0.2, 0.25) is 0 Å². The number of rotatable bonds is 9. The van der Waals surface area contributed by atoms with Crippen molar-refractivity contribution < 1.29 is 37.0 Å². The number of aliphatic hydroxyl groups excluding tert-OH is 1. The highest BCUT2D eigenvalue weighted by Crippen LogP contribution is 2.39. The number of carbonyl (C=O) groups excluding carboxylic acids is 1. The highest BCUT2D eigenvalue weighted by Gasteiger charge is 2.39. The number of ether oxygens (including phenoxy) is 1. The van der Waals surface area contributed by atoms with Crippen molar-refractivity contribution in [2.45, 2.75) is 49.9 Å². The number of fused-ring (bicyclic) bond motifs is 1. The van der Waals surface area contributed by atoms with Gasteiger partial charge in [-0.05, 0) is 22.6 Å². The Morgan fingerprint density at radius 1 is 1.17 bits per heavy atom. The van der Waals surface area contributed by atoms with E-state index in [1.54, 1.807) is 18.2 Å². The number of hydrogen-bond acceptors (Lipinski definition) is 8. The predicted octanol–water partition coefficient (Wildman–Crippen LogP) is 5.24. The maximum absolute atomic E-state index is 14.2. The van der Waals surface area contributed by atoms with Gasteiger partial charge in [0.15, 0.2) is 5.60 Å². The topological polar surface area (TPSA) is 95.4 Å². The molecule has 0 radical (unpaired) electrons. The van der Waals surface area contributed by atoms with Crippen molar-refractivity contribution in [1.29, 1.82) is 0 Å². The van der Waals surface area contributed by atoms with Gasteiger partial charge in [-0.1, -0.05) is 47.6 Å². The minimum absolute atomic E-state index is 0.0499. The van der Waals surface area contributed by atoms with Gasteiger partial charge in [-0.25, -0.2) is 9.18 Å². The molecule has 2 fully saturated rings. The number of anilines is 1. The molecule has 3 aromatic rings. The first-order valence-electron chi connectivity index (χ1n) is 13.7. The summed E-state index contributed by atoms with van der Waals surface area (Å²) < 4.78 is 60.9. The summed E-state index contributed by atoms with van der Waals surface area (Å²) in [6, 6.07) is 13.8. The molecule has 2 aromatic carbocycles. The molecule has 5 rings (SSSR count). The summed E-state index contributed by atoms with van der Waals surface area (Å²) in [7, 11) is 0. The van der Waals surface area contributed by atoms with Crippen LogP contribution in [0, 0.1) is 0 Å². The lowest BCUT2D eigenvalue weighted by molar-refractivity contribution is -0.127. The quantitative estimate of drug-likeness (QED) is 0.175. The van der Waals surface area contributed by atoms with Gasteiger partial charge in [-0.15, -0.1) is 11.3 Å². The second-order valence-electron chi connectivity index (χ2n) is 10.5. The Balaban J connectivity index is 1.27. The molecule has 2 saturated heterocycles. The molecule has 8 nitrogen and oxygen atoms in total. The Labute approximate surface area is 244 Å². The van der Waals surface area contributed by atoms with Crippen molar-refractivity contribution in [3.8, 4) is 0 Å². The molecule has 42 heavy (non-hydrogen) atoms. The van der Waals surface area contributed by atoms with E-state index in [1.807, 2.05) is 30.3 Å². The Kier molecular flexibility index (Phi) is 9.19. The molecule has 0 bridgehead atoms. The smallest absolute Gasteiger partial charge is 0.410 e. The van der Waals surface area contributed by atoms with Gasteiger partial charge in [-0.2, -0.15) is 13.2 Å². The molecule has 13 heteroatoms. The SMILES string of the molecule is O=C(OCc1ccccc1)N1CCC(CO)(O/N=C/c2sc3c(N[C@@H]4CNC[C@@H]4F)cccc3c2CC(F)(F)F)CC1. The number of oxime groups is 1. The Bertz CT molecular complexity index is 1390. The van der Waals surface area contributed by atoms with Crippen molar-refractivity contribution >= 4 is 39.4 Å². The average Bonchev–Trinajstić information content (AvgIpc) is 3.54. The van der Waals surface area contributed by atoms with Gasteiger partial charge in [0.05, 0.1) is 40.5 Å². The van der Waals surface area contributed by atoms with Crippen LogP contribution in [0.2, 0.25) is 0 Å². The monoisotopic (exact) mass is 608 g/mol. The first-order chi connectivity index (χ1) is 20.2. The minimum Gasteiger partial charge on any atom is -0.445 e. The number of thiophene rings is 1. The van der Waals surface area contributed by atoms with Gasteiger partial charge in [0, 0.05) is 39.0 Å². The summed E-state index contributed by atoms with van der Waals surface area (Å²) in [6.07, 6.45) is -5.46. The number of nitrogens with zero attached hydrogens (tertiary/aromatic N) is 2. The molecule has 0 saturated carbocycles. The fraction of sp³-hybridized carbons (Fsp3) is 0.448. The van der Waals surface area contributed by atoms with Crippen LogP contribution in [0.25, 0.3) is 10.1 Å². The standard InChI is InChI=1S/C29H32F4N4O4S/c30-22-14-34-15-24(22)36-23-8-4-7-20-21(13-29(31,32)33)25(42-26(20)23)16-35-41-28(18-38)9-11-37(12-10-28)27(39)40-17-19-5-2-1-3-6-19/h1-8,16,22,24,34,36,38H,9-15,17-18H2/b35-16+/t22-,24+/m0/s1. The van der Waals surface area contributed by atoms with Crippen molar-refractivity contribution in [1.82, 2.24) is 10.2 Å². The van der Waals surface area contributed by atoms with Crippen LogP contribution < -0.4 is 10.6 Å². The van der Waals surface area contributed by atoms with E-state index in [1.165, 1.54) is 11.1 Å². The molecule has 2 aliphatic heterocycles. The second kappa shape index (κ2) is 12.8. The van der Waals surface area contributed by atoms with E-state index >= 15 is 0 Å². The van der Waals surface area contributed by atoms with Crippen LogP contribution in [0.5, 0.6) is 0 Å². The van der Waals surface area contributed by atoms with Crippen LogP contribution in [0.15, 0.2) is 53.7 Å². The van der Waals surface area contributed by atoms with Crippen LogP contribution >= 0.6 is 11.3 Å². The number of piperidine rings is 1. The summed E-state index contributed by atoms with van der Waals surface area (Å²) in [5, 5.41) is 20.6. The van der Waals surface area contributed by atoms with Crippen LogP contribution in [0.4, 0.5) is 28.0 Å². The molecule has 1 aromatic heterocycles. The van der Waals surface area contributed by atoms with Gasteiger partial charge >= 0.3 is 12.3 Å². The zero-order valence-electron chi connectivity index (χ0n) is 22.7. The second-order valence-corrected chi connectivity index (χ2v) is 11.6. The highest BCUT2D eigenvalue weighted by atomic mass is 32.1. The van der Waals surface area contributed by atoms with Crippen molar-refractivity contribution in [2.75, 3.05) is 38.1 Å². The third-order valence-electron chi connectivity index (χ3n) is 7.55. The Morgan fingerprint density at radius 3 is 2.60 bits per heavy atom. The lowest BCUT2D eigenvalue weighted by Crippen LogP contribution is -2.49. The van der Waals surface area contributed by atoms with E-state index in [-0.39, 0.29) is 56.1 Å². The fourth-order valence-corrected chi connectivity index (χ4v) is 6.31. The molecule has 0 aliphatic carbocycles. The van der Waals surface area contributed by atoms with Crippen molar-refractivity contribution in [3.05, 3.63) is 64.5 Å². The maximum Gasteiger partial charge on any atom is 0.410 e. The molecule has 2 aliphatic rings. The number of benzene rings is 2. The van der Waals surface area contributed by atoms with Gasteiger partial charge in [-0.3, -0.25) is 0 Å². The molecule has 2 atom stereocenters. The number of alkyl halides is 4. The summed E-state index contributed by atoms with van der Waals surface area (Å²) in [5.41, 5.74) is 0.373. The summed E-state index contributed by atoms with van der Waals surface area (Å²) >= 11 is 1.11. The third-order valence-corrected chi connectivity index (χ3v) is 8.77. The van der Waals surface area contributed by atoms with Crippen molar-refractivity contribution in [3.63, 3.8) is 0 Å². The van der Waals surface area contributed by atoms with Crippen LogP contribution in [0.3, 0.4) is 0 Å². The Morgan fingerprint density at radius 2 is 1.93 bits per heavy atom. The number of nitrogens with one attached hydrogen (secondary N) is 2. The maximum atomic E-state index is 14.2. The fourth-order valence-electron chi connectivity index (χ4n) is 5.15. The predicted molar refractivity (Wildman–Crippen MR) is 153 cm³/mol. The molecule has 0 unspecified atom stereocenters. The van der Waals surface area contributed by atoms with Crippen molar-refractivity contribution in [2.24, 2.45) is 5.16 Å². The molecular weight excluding hydrogens is 576 g/mol. The molecule has 3 N–H and O–H groups in total. The largest absolute Gasteiger partial charge is 0.445 e. The van der Waals surface area contributed by atoms with Crippen LogP contribution in [-0.2, 0) is 22.6 Å². The van der Waals surface area contributed by atoms with E-state index < -0.39 is 36.5 Å². The first kappa shape index (κ1) is 30.1. The third kappa shape index (κ3) is 7.13. The van der Waals surface area contributed by atoms with E-state index in [4.69, 9.17) is 9.57 Å². The Hall–Kier alpha value is -3.42. The van der Waals surface area contributed by atoms with Gasteiger partial charge < -0.3 is 30.2 Å². The normalized spacial score (nSPS) is 20.7. The van der Waals surface area contributed by atoms with E-state index in [0.717, 1.165) is 16.9 Å². The lowest BCUT2D eigenvalue weighted by atomic mass is 9.92. The van der Waals surface area contributed by atoms with E-state index in [0.29, 0.717) is 22.3 Å². The highest BCUT2D eigenvalue weighted by molar-refractivity contribution is 7.21. The van der Waals surface area contributed by atoms with Gasteiger partial charge in [0.1, 0.15) is 12.8 Å². The summed E-state index contributed by atoms with van der Waals surface area (Å²) in [6.45, 7) is 0.893. The first-order valence-corrected chi connectivity index (χ1v) is 14.5. The molecule has 3 heterocycles. The number of amides is 1. The number of likely N-dealkylation sites (tertiary alicyclic amines) is 1. The van der Waals surface area contributed by atoms with E-state index in [2.05, 4.69) is 15.8 Å². The van der Waals surface area contributed by atoms with Crippen LogP contribution in [-0.4, -0.2) is 79.1 Å². The number of halogens is 4. The zero-order valence-corrected chi connectivity index (χ0v) is 23.5. The molecule has 0 spiro atoms. The number of aliphatic hydroxyl groups is 1.